The Morgan fingerprint density at radius 1 is 1.04 bits per heavy atom. The maximum absolute atomic E-state index is 12.1. The highest BCUT2D eigenvalue weighted by molar-refractivity contribution is 14.1. The van der Waals surface area contributed by atoms with E-state index in [-0.39, 0.29) is 21.3 Å². The van der Waals surface area contributed by atoms with Crippen LogP contribution in [-0.4, -0.2) is 19.1 Å². The average molecular weight is 465 g/mol. The first kappa shape index (κ1) is 17.8. The first-order chi connectivity index (χ1) is 10.9. The summed E-state index contributed by atoms with van der Waals surface area (Å²) in [6, 6.07) is 9.50. The highest BCUT2D eigenvalue weighted by atomic mass is 127. The zero-order chi connectivity index (χ0) is 17.0. The fraction of sp³-hybridized carbons (Fsp3) is 0.0667. The second-order valence-electron chi connectivity index (χ2n) is 4.36. The van der Waals surface area contributed by atoms with Crippen molar-refractivity contribution in [1.82, 2.24) is 0 Å². The van der Waals surface area contributed by atoms with Gasteiger partial charge >= 0.3 is 12.0 Å². The van der Waals surface area contributed by atoms with E-state index in [1.54, 1.807) is 12.1 Å². The van der Waals surface area contributed by atoms with Crippen molar-refractivity contribution >= 4 is 69.2 Å². The Bertz CT molecular complexity index is 768. The highest BCUT2D eigenvalue weighted by Gasteiger charge is 2.17. The number of benzene rings is 2. The van der Waals surface area contributed by atoms with Gasteiger partial charge in [-0.25, -0.2) is 9.59 Å². The molecule has 2 rings (SSSR count). The molecular weight excluding hydrogens is 454 g/mol. The maximum atomic E-state index is 12.1. The number of para-hydroxylation sites is 1. The molecule has 8 heteroatoms. The zero-order valence-corrected chi connectivity index (χ0v) is 15.5. The third-order valence-corrected chi connectivity index (χ3v) is 4.50. The van der Waals surface area contributed by atoms with E-state index in [1.165, 1.54) is 19.2 Å². The van der Waals surface area contributed by atoms with Crippen LogP contribution in [0.15, 0.2) is 36.4 Å². The summed E-state index contributed by atoms with van der Waals surface area (Å²) in [4.78, 5) is 23.9. The van der Waals surface area contributed by atoms with Crippen molar-refractivity contribution in [3.8, 4) is 0 Å². The summed E-state index contributed by atoms with van der Waals surface area (Å²) in [6.45, 7) is 0. The molecule has 0 saturated heterocycles. The third kappa shape index (κ3) is 4.49. The van der Waals surface area contributed by atoms with Crippen molar-refractivity contribution in [2.24, 2.45) is 0 Å². The summed E-state index contributed by atoms with van der Waals surface area (Å²) in [6.07, 6.45) is 0. The van der Waals surface area contributed by atoms with Crippen LogP contribution < -0.4 is 10.6 Å². The summed E-state index contributed by atoms with van der Waals surface area (Å²) in [5, 5.41) is 5.67. The average Bonchev–Trinajstić information content (AvgIpc) is 2.52. The molecule has 2 aromatic rings. The SMILES string of the molecule is COC(=O)c1cc(Cl)c(Cl)cc1NC(=O)Nc1ccccc1I. The van der Waals surface area contributed by atoms with E-state index in [4.69, 9.17) is 23.2 Å². The van der Waals surface area contributed by atoms with Crippen LogP contribution >= 0.6 is 45.8 Å². The van der Waals surface area contributed by atoms with Gasteiger partial charge in [0, 0.05) is 3.57 Å². The molecule has 0 aromatic heterocycles. The molecule has 0 spiro atoms. The Balaban J connectivity index is 2.25. The predicted molar refractivity (Wildman–Crippen MR) is 99.6 cm³/mol. The van der Waals surface area contributed by atoms with E-state index in [2.05, 4.69) is 38.0 Å². The van der Waals surface area contributed by atoms with Crippen molar-refractivity contribution in [3.63, 3.8) is 0 Å². The van der Waals surface area contributed by atoms with Crippen molar-refractivity contribution < 1.29 is 14.3 Å². The van der Waals surface area contributed by atoms with E-state index in [0.717, 1.165) is 3.57 Å². The Morgan fingerprint density at radius 2 is 1.65 bits per heavy atom. The summed E-state index contributed by atoms with van der Waals surface area (Å²) < 4.78 is 5.55. The lowest BCUT2D eigenvalue weighted by molar-refractivity contribution is 0.0602. The van der Waals surface area contributed by atoms with Crippen LogP contribution in [0.5, 0.6) is 0 Å². The molecule has 5 nitrogen and oxygen atoms in total. The van der Waals surface area contributed by atoms with E-state index in [1.807, 2.05) is 12.1 Å². The lowest BCUT2D eigenvalue weighted by atomic mass is 10.2. The largest absolute Gasteiger partial charge is 0.465 e. The van der Waals surface area contributed by atoms with Gasteiger partial charge in [0.25, 0.3) is 0 Å². The van der Waals surface area contributed by atoms with Gasteiger partial charge in [0.1, 0.15) is 0 Å². The second kappa shape index (κ2) is 7.85. The minimum atomic E-state index is -0.631. The number of urea groups is 1. The van der Waals surface area contributed by atoms with E-state index in [0.29, 0.717) is 5.69 Å². The molecule has 0 aliphatic rings. The third-order valence-electron chi connectivity index (χ3n) is 2.84. The van der Waals surface area contributed by atoms with Crippen LogP contribution in [0.1, 0.15) is 10.4 Å². The van der Waals surface area contributed by atoms with E-state index < -0.39 is 12.0 Å². The number of methoxy groups -OCH3 is 1. The predicted octanol–water partition coefficient (Wildman–Crippen LogP) is 5.03. The fourth-order valence-corrected chi connectivity index (χ4v) is 2.62. The van der Waals surface area contributed by atoms with Crippen molar-refractivity contribution in [1.29, 1.82) is 0 Å². The normalized spacial score (nSPS) is 10.1. The number of rotatable bonds is 3. The Hall–Kier alpha value is -1.51. The van der Waals surface area contributed by atoms with E-state index in [9.17, 15) is 9.59 Å². The molecule has 2 N–H and O–H groups in total. The maximum Gasteiger partial charge on any atom is 0.340 e. The topological polar surface area (TPSA) is 67.4 Å². The van der Waals surface area contributed by atoms with Crippen LogP contribution in [0.2, 0.25) is 10.0 Å². The summed E-state index contributed by atoms with van der Waals surface area (Å²) in [7, 11) is 1.24. The molecule has 23 heavy (non-hydrogen) atoms. The van der Waals surface area contributed by atoms with Crippen molar-refractivity contribution in [2.45, 2.75) is 0 Å². The van der Waals surface area contributed by atoms with Gasteiger partial charge in [-0.15, -0.1) is 0 Å². The van der Waals surface area contributed by atoms with Gasteiger partial charge in [0.2, 0.25) is 0 Å². The molecular formula is C15H11Cl2IN2O3. The minimum Gasteiger partial charge on any atom is -0.465 e. The molecule has 0 atom stereocenters. The van der Waals surface area contributed by atoms with Crippen LogP contribution in [0.3, 0.4) is 0 Å². The molecule has 120 valence electrons. The molecule has 0 bridgehead atoms. The van der Waals surface area contributed by atoms with Gasteiger partial charge in [-0.2, -0.15) is 0 Å². The summed E-state index contributed by atoms with van der Waals surface area (Å²) in [5.74, 6) is -0.631. The monoisotopic (exact) mass is 464 g/mol. The number of halogens is 3. The number of carbonyl (C=O) groups excluding carboxylic acids is 2. The molecule has 0 radical (unpaired) electrons. The van der Waals surface area contributed by atoms with E-state index >= 15 is 0 Å². The van der Waals surface area contributed by atoms with Crippen LogP contribution in [0, 0.1) is 3.57 Å². The van der Waals surface area contributed by atoms with Crippen LogP contribution in [0.25, 0.3) is 0 Å². The minimum absolute atomic E-state index is 0.111. The lowest BCUT2D eigenvalue weighted by Crippen LogP contribution is -2.21. The second-order valence-corrected chi connectivity index (χ2v) is 6.34. The Labute approximate surface area is 156 Å². The fourth-order valence-electron chi connectivity index (χ4n) is 1.77. The number of hydrogen-bond donors (Lipinski definition) is 2. The van der Waals surface area contributed by atoms with Gasteiger partial charge in [0.05, 0.1) is 34.1 Å². The quantitative estimate of drug-likeness (QED) is 0.494. The zero-order valence-electron chi connectivity index (χ0n) is 11.8. The molecule has 0 aliphatic heterocycles. The van der Waals surface area contributed by atoms with Crippen molar-refractivity contribution in [2.75, 3.05) is 17.7 Å². The van der Waals surface area contributed by atoms with Crippen LogP contribution in [0.4, 0.5) is 16.2 Å². The first-order valence-electron chi connectivity index (χ1n) is 6.32. The van der Waals surface area contributed by atoms with Gasteiger partial charge in [-0.1, -0.05) is 35.3 Å². The van der Waals surface area contributed by atoms with Gasteiger partial charge in [-0.3, -0.25) is 0 Å². The van der Waals surface area contributed by atoms with Gasteiger partial charge in [0.15, 0.2) is 0 Å². The molecule has 0 fully saturated rings. The number of carbonyl (C=O) groups is 2. The molecule has 0 unspecified atom stereocenters. The summed E-state index contributed by atoms with van der Waals surface area (Å²) >= 11 is 14.0. The Morgan fingerprint density at radius 3 is 2.30 bits per heavy atom. The smallest absolute Gasteiger partial charge is 0.340 e. The number of hydrogen-bond acceptors (Lipinski definition) is 3. The summed E-state index contributed by atoms with van der Waals surface area (Å²) in [5.41, 5.74) is 0.958. The van der Waals surface area contributed by atoms with Gasteiger partial charge < -0.3 is 15.4 Å². The molecule has 0 saturated carbocycles. The van der Waals surface area contributed by atoms with Crippen molar-refractivity contribution in [3.05, 3.63) is 55.6 Å². The number of amides is 2. The first-order valence-corrected chi connectivity index (χ1v) is 8.15. The number of anilines is 2. The number of esters is 1. The standard InChI is InChI=1S/C15H11Cl2IN2O3/c1-23-14(21)8-6-9(16)10(17)7-13(8)20-15(22)19-12-5-3-2-4-11(12)18/h2-7H,1H3,(H2,19,20,22). The number of nitrogens with one attached hydrogen (secondary N) is 2. The molecule has 2 aromatic carbocycles. The number of ether oxygens (including phenoxy) is 1. The van der Waals surface area contributed by atoms with Gasteiger partial charge in [-0.05, 0) is 46.9 Å². The highest BCUT2D eigenvalue weighted by Crippen LogP contribution is 2.30. The molecule has 0 aliphatic carbocycles. The lowest BCUT2D eigenvalue weighted by Gasteiger charge is -2.13. The Kier molecular flexibility index (Phi) is 6.09. The van der Waals surface area contributed by atoms with Crippen LogP contribution in [-0.2, 0) is 4.74 Å². The molecule has 0 heterocycles. The molecule has 2 amide bonds.